The maximum atomic E-state index is 12.7. The number of carbonyl (C=O) groups excluding carboxylic acids is 4. The lowest BCUT2D eigenvalue weighted by Gasteiger charge is -2.21. The number of phosphoric ester groups is 2. The number of esters is 4. The van der Waals surface area contributed by atoms with Gasteiger partial charge >= 0.3 is 39.5 Å². The Labute approximate surface area is 409 Å². The minimum absolute atomic E-state index is 0.0901. The van der Waals surface area contributed by atoms with Crippen molar-refractivity contribution in [2.45, 2.75) is 251 Å². The summed E-state index contributed by atoms with van der Waals surface area (Å²) in [4.78, 5) is 70.7. The topological polar surface area (TPSA) is 237 Å². The molecule has 0 aliphatic heterocycles. The molecule has 0 saturated carbocycles. The Morgan fingerprint density at radius 2 is 0.588 bits per heavy atom. The molecule has 0 aliphatic carbocycles. The smallest absolute Gasteiger partial charge is 0.462 e. The van der Waals surface area contributed by atoms with E-state index in [-0.39, 0.29) is 25.7 Å². The summed E-state index contributed by atoms with van der Waals surface area (Å²) in [7, 11) is -9.82. The first-order chi connectivity index (χ1) is 32.7. The molecule has 0 heterocycles. The minimum atomic E-state index is -4.91. The minimum Gasteiger partial charge on any atom is -0.462 e. The number of hydrogen-bond acceptors (Lipinski definition) is 15. The van der Waals surface area contributed by atoms with E-state index in [1.165, 1.54) is 64.2 Å². The van der Waals surface area contributed by atoms with Gasteiger partial charge in [-0.2, -0.15) is 0 Å². The van der Waals surface area contributed by atoms with Crippen LogP contribution in [0.4, 0.5) is 0 Å². The van der Waals surface area contributed by atoms with Gasteiger partial charge in [0.25, 0.3) is 0 Å². The van der Waals surface area contributed by atoms with E-state index >= 15 is 0 Å². The van der Waals surface area contributed by atoms with E-state index in [9.17, 15) is 43.2 Å². The van der Waals surface area contributed by atoms with Gasteiger partial charge in [-0.25, -0.2) is 9.13 Å². The summed E-state index contributed by atoms with van der Waals surface area (Å²) in [5, 5.41) is 10.4. The second-order valence-electron chi connectivity index (χ2n) is 17.8. The Morgan fingerprint density at radius 1 is 0.353 bits per heavy atom. The van der Waals surface area contributed by atoms with Gasteiger partial charge in [-0.1, -0.05) is 182 Å². The molecule has 402 valence electrons. The van der Waals surface area contributed by atoms with E-state index in [1.54, 1.807) is 0 Å². The number of unbranched alkanes of at least 4 members (excludes halogenated alkanes) is 24. The van der Waals surface area contributed by atoms with Crippen LogP contribution in [0, 0.1) is 0 Å². The van der Waals surface area contributed by atoms with E-state index in [4.69, 9.17) is 37.0 Å². The summed E-state index contributed by atoms with van der Waals surface area (Å²) in [5.41, 5.74) is 0. The molecule has 3 N–H and O–H groups in total. The van der Waals surface area contributed by atoms with Crippen molar-refractivity contribution in [2.75, 3.05) is 39.6 Å². The van der Waals surface area contributed by atoms with Crippen LogP contribution < -0.4 is 0 Å². The van der Waals surface area contributed by atoms with E-state index in [0.717, 1.165) is 89.9 Å². The third-order valence-electron chi connectivity index (χ3n) is 11.1. The first-order valence-electron chi connectivity index (χ1n) is 26.3. The highest BCUT2D eigenvalue weighted by atomic mass is 31.2. The Kier molecular flexibility index (Phi) is 43.7. The van der Waals surface area contributed by atoms with Gasteiger partial charge in [0.05, 0.1) is 26.4 Å². The molecule has 5 atom stereocenters. The summed E-state index contributed by atoms with van der Waals surface area (Å²) < 4.78 is 66.7. The number of aliphatic hydroxyl groups excluding tert-OH is 1. The van der Waals surface area contributed by atoms with Crippen molar-refractivity contribution in [3.8, 4) is 0 Å². The predicted molar refractivity (Wildman–Crippen MR) is 262 cm³/mol. The highest BCUT2D eigenvalue weighted by Gasteiger charge is 2.30. The van der Waals surface area contributed by atoms with Crippen LogP contribution >= 0.6 is 15.6 Å². The molecule has 2 unspecified atom stereocenters. The quantitative estimate of drug-likeness (QED) is 0.0222. The van der Waals surface area contributed by atoms with Crippen LogP contribution in [0.25, 0.3) is 0 Å². The molecule has 0 fully saturated rings. The number of rotatable bonds is 50. The SMILES string of the molecule is CCCCCCCCCCCCCC(=O)OC[C@H](COP(=O)(O)OC[C@H](O)COP(=O)(O)OC[C@@H](COC(=O)CCCCCCCCCC)OC(=O)CCCCCCCC)OC(=O)CCCCC. The van der Waals surface area contributed by atoms with E-state index in [1.807, 2.05) is 6.92 Å². The number of ether oxygens (including phenoxy) is 4. The fraction of sp³-hybridized carbons (Fsp3) is 0.918. The van der Waals surface area contributed by atoms with Crippen molar-refractivity contribution in [3.63, 3.8) is 0 Å². The lowest BCUT2D eigenvalue weighted by Crippen LogP contribution is -2.30. The maximum absolute atomic E-state index is 12.7. The summed E-state index contributed by atoms with van der Waals surface area (Å²) in [5.74, 6) is -2.19. The van der Waals surface area contributed by atoms with Crippen LogP contribution in [-0.2, 0) is 65.4 Å². The molecule has 0 amide bonds. The second-order valence-corrected chi connectivity index (χ2v) is 20.8. The molecule has 17 nitrogen and oxygen atoms in total. The van der Waals surface area contributed by atoms with Crippen LogP contribution in [0.3, 0.4) is 0 Å². The molecule has 0 aromatic carbocycles. The third kappa shape index (κ3) is 44.0. The predicted octanol–water partition coefficient (Wildman–Crippen LogP) is 12.1. The van der Waals surface area contributed by atoms with Gasteiger partial charge in [0, 0.05) is 25.7 Å². The van der Waals surface area contributed by atoms with E-state index in [0.29, 0.717) is 25.7 Å². The monoisotopic (exact) mass is 1020 g/mol. The second kappa shape index (κ2) is 45.0. The van der Waals surface area contributed by atoms with Gasteiger partial charge in [-0.15, -0.1) is 0 Å². The molecule has 0 bridgehead atoms. The maximum Gasteiger partial charge on any atom is 0.472 e. The van der Waals surface area contributed by atoms with Gasteiger partial charge < -0.3 is 33.8 Å². The molecule has 0 spiro atoms. The molecular formula is C49H94O17P2. The van der Waals surface area contributed by atoms with Crippen molar-refractivity contribution >= 4 is 39.5 Å². The molecule has 0 rings (SSSR count). The van der Waals surface area contributed by atoms with E-state index in [2.05, 4.69) is 20.8 Å². The van der Waals surface area contributed by atoms with Crippen molar-refractivity contribution < 1.29 is 80.2 Å². The number of carbonyl (C=O) groups is 4. The average Bonchev–Trinajstić information content (AvgIpc) is 3.30. The van der Waals surface area contributed by atoms with E-state index < -0.39 is 97.5 Å². The number of hydrogen-bond donors (Lipinski definition) is 3. The van der Waals surface area contributed by atoms with Crippen molar-refractivity contribution in [2.24, 2.45) is 0 Å². The van der Waals surface area contributed by atoms with Crippen molar-refractivity contribution in [1.29, 1.82) is 0 Å². The summed E-state index contributed by atoms with van der Waals surface area (Å²) in [6.45, 7) is 4.49. The van der Waals surface area contributed by atoms with Crippen LogP contribution in [0.2, 0.25) is 0 Å². The van der Waals surface area contributed by atoms with Gasteiger partial charge in [-0.05, 0) is 25.7 Å². The van der Waals surface area contributed by atoms with Crippen LogP contribution in [-0.4, -0.2) is 96.7 Å². The molecule has 0 aliphatic rings. The Morgan fingerprint density at radius 3 is 0.897 bits per heavy atom. The highest BCUT2D eigenvalue weighted by Crippen LogP contribution is 2.45. The van der Waals surface area contributed by atoms with Crippen molar-refractivity contribution in [3.05, 3.63) is 0 Å². The summed E-state index contributed by atoms with van der Waals surface area (Å²) in [6.07, 6.45) is 25.0. The number of aliphatic hydroxyl groups is 1. The molecule has 0 saturated heterocycles. The number of phosphoric acid groups is 2. The largest absolute Gasteiger partial charge is 0.472 e. The molecule has 0 radical (unpaired) electrons. The van der Waals surface area contributed by atoms with Gasteiger partial charge in [0.2, 0.25) is 0 Å². The molecule has 19 heteroatoms. The van der Waals surface area contributed by atoms with Crippen LogP contribution in [0.5, 0.6) is 0 Å². The molecule has 0 aromatic rings. The first kappa shape index (κ1) is 66.1. The van der Waals surface area contributed by atoms with Crippen molar-refractivity contribution in [1.82, 2.24) is 0 Å². The Hall–Kier alpha value is -1.94. The van der Waals surface area contributed by atoms with Gasteiger partial charge in [0.1, 0.15) is 19.3 Å². The normalized spacial score (nSPS) is 14.6. The summed E-state index contributed by atoms with van der Waals surface area (Å²) >= 11 is 0. The summed E-state index contributed by atoms with van der Waals surface area (Å²) in [6, 6.07) is 0. The van der Waals surface area contributed by atoms with Crippen LogP contribution in [0.15, 0.2) is 0 Å². The van der Waals surface area contributed by atoms with Gasteiger partial charge in [0.15, 0.2) is 12.2 Å². The fourth-order valence-electron chi connectivity index (χ4n) is 6.98. The zero-order valence-corrected chi connectivity index (χ0v) is 44.3. The average molecular weight is 1020 g/mol. The zero-order valence-electron chi connectivity index (χ0n) is 42.6. The lowest BCUT2D eigenvalue weighted by atomic mass is 10.1. The fourth-order valence-corrected chi connectivity index (χ4v) is 8.56. The first-order valence-corrected chi connectivity index (χ1v) is 29.3. The molecule has 68 heavy (non-hydrogen) atoms. The zero-order chi connectivity index (χ0) is 50.6. The molecule has 0 aromatic heterocycles. The molecular weight excluding hydrogens is 922 g/mol. The standard InChI is InChI=1S/C49H94O17P2/c1-5-9-13-16-19-21-22-23-25-28-31-34-47(52)59-39-44(65-48(53)35-29-12-8-4)41-63-67(55,56)61-37-43(50)38-62-68(57,58)64-42-45(66-49(54)36-32-26-18-15-11-7-3)40-60-46(51)33-30-27-24-20-17-14-10-6-2/h43-45,50H,5-42H2,1-4H3,(H,55,56)(H,57,58)/t43-,44+,45+/m0/s1. The Balaban J connectivity index is 5.02. The third-order valence-corrected chi connectivity index (χ3v) is 13.0. The lowest BCUT2D eigenvalue weighted by molar-refractivity contribution is -0.161. The van der Waals surface area contributed by atoms with Crippen LogP contribution in [0.1, 0.15) is 233 Å². The highest BCUT2D eigenvalue weighted by molar-refractivity contribution is 7.47. The Bertz CT molecular complexity index is 1350. The van der Waals surface area contributed by atoms with Gasteiger partial charge in [-0.3, -0.25) is 37.3 Å².